The monoisotopic (exact) mass is 484 g/mol. The van der Waals surface area contributed by atoms with Crippen molar-refractivity contribution in [1.29, 1.82) is 0 Å². The van der Waals surface area contributed by atoms with Gasteiger partial charge in [-0.05, 0) is 30.7 Å². The van der Waals surface area contributed by atoms with Crippen molar-refractivity contribution in [2.24, 2.45) is 0 Å². The third kappa shape index (κ3) is 4.73. The van der Waals surface area contributed by atoms with Crippen LogP contribution in [-0.4, -0.2) is 32.7 Å². The summed E-state index contributed by atoms with van der Waals surface area (Å²) in [6.45, 7) is 0.785. The Morgan fingerprint density at radius 1 is 1.27 bits per heavy atom. The molecule has 3 aromatic rings. The number of aromatic nitrogens is 3. The molecule has 0 radical (unpaired) electrons. The van der Waals surface area contributed by atoms with E-state index in [0.29, 0.717) is 16.9 Å². The Morgan fingerprint density at radius 3 is 2.53 bits per heavy atom. The number of rotatable bonds is 5. The van der Waals surface area contributed by atoms with Crippen LogP contribution in [0.4, 0.5) is 22.0 Å². The van der Waals surface area contributed by atoms with Gasteiger partial charge >= 0.3 is 11.6 Å². The van der Waals surface area contributed by atoms with Crippen LogP contribution in [0.25, 0.3) is 22.3 Å². The predicted molar refractivity (Wildman–Crippen MR) is 104 cm³/mol. The van der Waals surface area contributed by atoms with Crippen LogP contribution >= 0.6 is 34.5 Å². The normalized spacial score (nSPS) is 13.9. The number of carbonyl (C=O) groups excluding carboxylic acids is 1. The van der Waals surface area contributed by atoms with Gasteiger partial charge in [-0.1, -0.05) is 41.1 Å². The third-order valence-electron chi connectivity index (χ3n) is 3.85. The Bertz CT molecular complexity index is 1120. The minimum atomic E-state index is -4.62. The third-order valence-corrected chi connectivity index (χ3v) is 5.45. The molecule has 3 rings (SSSR count). The van der Waals surface area contributed by atoms with E-state index in [4.69, 9.17) is 23.2 Å². The van der Waals surface area contributed by atoms with Crippen molar-refractivity contribution < 1.29 is 26.7 Å². The predicted octanol–water partition coefficient (Wildman–Crippen LogP) is 5.48. The zero-order valence-electron chi connectivity index (χ0n) is 14.8. The lowest BCUT2D eigenvalue weighted by molar-refractivity contribution is -0.156. The molecule has 1 amide bonds. The summed E-state index contributed by atoms with van der Waals surface area (Å²) in [7, 11) is 0. The lowest BCUT2D eigenvalue weighted by Gasteiger charge is -2.15. The highest BCUT2D eigenvalue weighted by Crippen LogP contribution is 2.38. The number of imidazole rings is 1. The van der Waals surface area contributed by atoms with Gasteiger partial charge in [0.1, 0.15) is 11.7 Å². The maximum absolute atomic E-state index is 13.4. The average molecular weight is 485 g/mol. The Kier molecular flexibility index (Phi) is 6.08. The molecule has 2 heterocycles. The molecule has 1 unspecified atom stereocenters. The summed E-state index contributed by atoms with van der Waals surface area (Å²) >= 11 is 11.7. The average Bonchev–Trinajstić information content (AvgIpc) is 3.17. The summed E-state index contributed by atoms with van der Waals surface area (Å²) in [6, 6.07) is 4.42. The van der Waals surface area contributed by atoms with E-state index in [9.17, 15) is 26.7 Å². The molecular weight excluding hydrogens is 474 g/mol. The molecule has 0 aliphatic rings. The number of carbonyl (C=O) groups is 1. The van der Waals surface area contributed by atoms with E-state index in [2.05, 4.69) is 10.1 Å². The maximum Gasteiger partial charge on any atom is 0.408 e. The van der Waals surface area contributed by atoms with Gasteiger partial charge in [0, 0.05) is 11.6 Å². The largest absolute Gasteiger partial charge is 0.408 e. The van der Waals surface area contributed by atoms with Crippen molar-refractivity contribution in [2.75, 3.05) is 0 Å². The Labute approximate surface area is 180 Å². The lowest BCUT2D eigenvalue weighted by atomic mass is 10.1. The van der Waals surface area contributed by atoms with Gasteiger partial charge in [-0.3, -0.25) is 4.79 Å². The molecule has 0 bridgehead atoms. The summed E-state index contributed by atoms with van der Waals surface area (Å²) in [6.07, 6.45) is -2.68. The van der Waals surface area contributed by atoms with E-state index >= 15 is 0 Å². The molecule has 13 heteroatoms. The Hall–Kier alpha value is -2.24. The van der Waals surface area contributed by atoms with Crippen LogP contribution in [-0.2, 0) is 10.2 Å². The molecule has 0 spiro atoms. The fourth-order valence-corrected chi connectivity index (χ4v) is 3.53. The second kappa shape index (κ2) is 8.12. The van der Waals surface area contributed by atoms with Crippen molar-refractivity contribution in [2.45, 2.75) is 24.5 Å². The quantitative estimate of drug-likeness (QED) is 0.296. The molecule has 2 aromatic heterocycles. The highest BCUT2D eigenvalue weighted by Gasteiger charge is 2.37. The number of nitrogens with one attached hydrogen (secondary N) is 1. The second-order valence-electron chi connectivity index (χ2n) is 6.03. The highest BCUT2D eigenvalue weighted by molar-refractivity contribution is 7.17. The van der Waals surface area contributed by atoms with E-state index in [-0.39, 0.29) is 21.4 Å². The number of amides is 1. The number of halogens is 7. The molecule has 160 valence electrons. The summed E-state index contributed by atoms with van der Waals surface area (Å²) in [5, 5.41) is 1.30. The molecule has 0 aliphatic carbocycles. The Morgan fingerprint density at radius 2 is 1.93 bits per heavy atom. The first-order chi connectivity index (χ1) is 13.9. The molecule has 0 saturated carbocycles. The van der Waals surface area contributed by atoms with Crippen molar-refractivity contribution >= 4 is 51.5 Å². The second-order valence-corrected chi connectivity index (χ2v) is 7.87. The standard InChI is InChI=1S/C17H11Cl2F5N4OS/c1-8(17(22,23)24)25-12(29)7-6-11-13(9-4-2-3-5-10(9)18)26-15-28(11)27-14(30-15)16(19,20)21/h2-8H,1H3,(H,25,29)/b7-6+. The van der Waals surface area contributed by atoms with E-state index in [0.717, 1.165) is 23.6 Å². The van der Waals surface area contributed by atoms with E-state index in [1.807, 2.05) is 0 Å². The summed E-state index contributed by atoms with van der Waals surface area (Å²) in [5.74, 6) is -1.04. The van der Waals surface area contributed by atoms with Gasteiger partial charge in [0.2, 0.25) is 15.9 Å². The van der Waals surface area contributed by atoms with Gasteiger partial charge in [0.05, 0.1) is 10.7 Å². The summed E-state index contributed by atoms with van der Waals surface area (Å²) < 4.78 is 65.7. The Balaban J connectivity index is 2.06. The van der Waals surface area contributed by atoms with Gasteiger partial charge in [0.25, 0.3) is 0 Å². The smallest absolute Gasteiger partial charge is 0.341 e. The minimum Gasteiger partial charge on any atom is -0.341 e. The molecule has 0 fully saturated rings. The SMILES string of the molecule is CC(NC(=O)/C=C/c1c(-c2ccccc2Cl)nc2sc(C(F)(F)Cl)nn12)C(F)(F)F. The fraction of sp³-hybridized carbons (Fsp3) is 0.235. The molecule has 1 aromatic carbocycles. The first kappa shape index (κ1) is 22.4. The number of fused-ring (bicyclic) bond motifs is 1. The topological polar surface area (TPSA) is 59.3 Å². The summed E-state index contributed by atoms with van der Waals surface area (Å²) in [4.78, 5) is 16.2. The highest BCUT2D eigenvalue weighted by atomic mass is 35.5. The van der Waals surface area contributed by atoms with Gasteiger partial charge in [0.15, 0.2) is 0 Å². The maximum atomic E-state index is 13.4. The van der Waals surface area contributed by atoms with Crippen LogP contribution in [0.15, 0.2) is 30.3 Å². The van der Waals surface area contributed by atoms with Crippen LogP contribution in [0.2, 0.25) is 5.02 Å². The molecular formula is C17H11Cl2F5N4OS. The van der Waals surface area contributed by atoms with Crippen molar-refractivity contribution in [3.8, 4) is 11.3 Å². The van der Waals surface area contributed by atoms with Crippen LogP contribution in [0.1, 0.15) is 17.6 Å². The number of nitrogens with zero attached hydrogens (tertiary/aromatic N) is 3. The van der Waals surface area contributed by atoms with Crippen LogP contribution in [0.3, 0.4) is 0 Å². The molecule has 0 saturated heterocycles. The van der Waals surface area contributed by atoms with Crippen molar-refractivity contribution in [3.05, 3.63) is 46.1 Å². The van der Waals surface area contributed by atoms with Crippen molar-refractivity contribution in [1.82, 2.24) is 19.9 Å². The van der Waals surface area contributed by atoms with E-state index in [1.54, 1.807) is 29.6 Å². The molecule has 5 nitrogen and oxygen atoms in total. The number of alkyl halides is 6. The zero-order valence-corrected chi connectivity index (χ0v) is 17.2. The van der Waals surface area contributed by atoms with E-state index < -0.39 is 28.5 Å². The zero-order chi connectivity index (χ0) is 22.3. The number of hydrogen-bond acceptors (Lipinski definition) is 4. The van der Waals surface area contributed by atoms with Crippen LogP contribution in [0.5, 0.6) is 0 Å². The first-order valence-electron chi connectivity index (χ1n) is 8.15. The van der Waals surface area contributed by atoms with Gasteiger partial charge in [-0.25, -0.2) is 9.50 Å². The first-order valence-corrected chi connectivity index (χ1v) is 9.72. The number of benzene rings is 1. The molecule has 0 aliphatic heterocycles. The molecule has 1 N–H and O–H groups in total. The van der Waals surface area contributed by atoms with Crippen LogP contribution < -0.4 is 5.32 Å². The van der Waals surface area contributed by atoms with E-state index in [1.165, 1.54) is 0 Å². The van der Waals surface area contributed by atoms with Crippen LogP contribution in [0, 0.1) is 0 Å². The minimum absolute atomic E-state index is 0.0314. The number of hydrogen-bond donors (Lipinski definition) is 1. The molecule has 30 heavy (non-hydrogen) atoms. The van der Waals surface area contributed by atoms with Gasteiger partial charge in [-0.15, -0.1) is 0 Å². The van der Waals surface area contributed by atoms with Gasteiger partial charge in [-0.2, -0.15) is 27.1 Å². The van der Waals surface area contributed by atoms with Gasteiger partial charge < -0.3 is 5.32 Å². The lowest BCUT2D eigenvalue weighted by Crippen LogP contribution is -2.42. The fourth-order valence-electron chi connectivity index (χ4n) is 2.38. The summed E-state index contributed by atoms with van der Waals surface area (Å²) in [5.41, 5.74) is 0.688. The van der Waals surface area contributed by atoms with Crippen molar-refractivity contribution in [3.63, 3.8) is 0 Å². The molecule has 1 atom stereocenters.